The predicted octanol–water partition coefficient (Wildman–Crippen LogP) is 28.4. The van der Waals surface area contributed by atoms with Gasteiger partial charge in [0.2, 0.25) is 0 Å². The number of benzene rings is 15. The second-order valence-corrected chi connectivity index (χ2v) is 37.2. The van der Waals surface area contributed by atoms with E-state index >= 15 is 0 Å². The van der Waals surface area contributed by atoms with Crippen molar-refractivity contribution >= 4 is 145 Å². The Kier molecular flexibility index (Phi) is 13.0. The summed E-state index contributed by atoms with van der Waals surface area (Å²) in [4.78, 5) is 4.50. The first kappa shape index (κ1) is 58.9. The van der Waals surface area contributed by atoms with E-state index in [4.69, 9.17) is 5.79 Å². The van der Waals surface area contributed by atoms with Gasteiger partial charge in [-0.25, -0.2) is 0 Å². The third-order valence-corrected chi connectivity index (χ3v) is 24.7. The number of anilines is 6. The van der Waals surface area contributed by atoms with Crippen molar-refractivity contribution in [2.45, 2.75) is 131 Å². The quantitative estimate of drug-likeness (QED) is 0.142. The van der Waals surface area contributed by atoms with Crippen LogP contribution in [0.1, 0.15) is 149 Å². The van der Waals surface area contributed by atoms with E-state index in [0.717, 1.165) is 121 Å². The number of hydrogen-bond donors (Lipinski definition) is 0. The van der Waals surface area contributed by atoms with Crippen LogP contribution in [0.4, 0.5) is 34.1 Å². The molecule has 0 bridgehead atoms. The lowest BCUT2D eigenvalue weighted by Crippen LogP contribution is -2.61. The fourth-order valence-corrected chi connectivity index (χ4v) is 18.5. The summed E-state index contributed by atoms with van der Waals surface area (Å²) in [6.45, 7) is 32.8. The van der Waals surface area contributed by atoms with Crippen LogP contribution < -0.4 is 26.2 Å². The van der Waals surface area contributed by atoms with Gasteiger partial charge in [0.05, 0.1) is 73.7 Å². The van der Waals surface area contributed by atoms with Crippen LogP contribution in [-0.4, -0.2) is 20.4 Å². The van der Waals surface area contributed by atoms with Crippen molar-refractivity contribution in [2.75, 3.05) is 9.80 Å². The molecule has 6 heterocycles. The molecule has 0 amide bonds. The van der Waals surface area contributed by atoms with Crippen LogP contribution in [0.2, 0.25) is 0 Å². The summed E-state index contributed by atoms with van der Waals surface area (Å²) >= 11 is 0. The molecule has 0 spiro atoms. The Morgan fingerprint density at radius 3 is 1.16 bits per heavy atom. The monoisotopic (exact) mass is 1530 g/mol. The van der Waals surface area contributed by atoms with Gasteiger partial charge in [-0.05, 0) is 209 Å². The number of furan rings is 1. The Balaban J connectivity index is 0.965. The highest BCUT2D eigenvalue weighted by atomic mass is 16.3. The van der Waals surface area contributed by atoms with Crippen LogP contribution in [-0.2, 0) is 27.1 Å². The minimum atomic E-state index is -0.766. The van der Waals surface area contributed by atoms with Crippen LogP contribution in [0.25, 0.3) is 138 Å². The van der Waals surface area contributed by atoms with Crippen molar-refractivity contribution in [3.63, 3.8) is 0 Å². The lowest BCUT2D eigenvalue weighted by molar-refractivity contribution is 0.590. The molecule has 0 fully saturated rings. The molecule has 0 atom stereocenters. The summed E-state index contributed by atoms with van der Waals surface area (Å²) in [5.74, 6) is 0. The first-order valence-corrected chi connectivity index (χ1v) is 40.7. The number of nitrogens with zero attached hydrogens (tertiary/aromatic N) is 5. The third kappa shape index (κ3) is 11.3. The van der Waals surface area contributed by atoms with E-state index in [9.17, 15) is 16.4 Å². The van der Waals surface area contributed by atoms with E-state index in [1.54, 1.807) is 4.57 Å². The summed E-state index contributed by atoms with van der Waals surface area (Å²) in [5.41, 5.74) is 21.1. The number of rotatable bonds is 8. The molecule has 0 radical (unpaired) electrons. The Labute approximate surface area is 704 Å². The lowest BCUT2D eigenvalue weighted by Gasteiger charge is -2.45. The lowest BCUT2D eigenvalue weighted by atomic mass is 9.33. The van der Waals surface area contributed by atoms with Crippen LogP contribution in [0.3, 0.4) is 0 Å². The maximum Gasteiger partial charge on any atom is 0.252 e. The SMILES string of the molecule is [2H]c1c([2H])c([2H])c(-c2ccc3c(c2)N(c2cccc4c2oc2c(-n5c6ccc(C(C)(C)C)cc6c6cc(C(C)(C)C)ccc65)cccc24)c2cc(-n4c5c([2H])c([2H])c([2H])c([2H])c5c5c([2H])c([2H])c([2H])c([2H])c54)cc4c2B3c2ccc(-n3c5ccc(C(C)(C)C)cc5c5cc(C(C)(C)C)ccc53)cc2N4c2c(-c3ccccc3)cc(C(C)(C)C)cc2-c2ccccc2)c([2H])c1[2H]. The van der Waals surface area contributed by atoms with Crippen molar-refractivity contribution in [1.82, 2.24) is 13.7 Å². The average molecular weight is 1530 g/mol. The van der Waals surface area contributed by atoms with Gasteiger partial charge in [0.15, 0.2) is 11.2 Å². The standard InChI is InChI=1S/C110H96BN5O/c1-106(2,3)71-46-53-92-84(58-71)85-59-72(107(4,5)6)47-54-93(85)112(92)76-50-52-89-99(64-76)116(103-82(68-33-21-17-22-34-68)62-75(110(13,14)15)63-83(103)69-35-23-18-24-36-69)101-66-77(113-90-41-27-25-37-78(90)79-38-26-28-42-91(79)113)65-100-102(101)111(89)88-51-45-70(67-31-19-16-20-32-67)57-98(88)115(100)97-44-30-40-81-80-39-29-43-96(104(80)117-105(81)97)114-94-55-48-73(108(7,8)9)60-86(94)87-61-74(109(10,11)12)49-56-95(87)114/h16-66H,1-15H3/i16D,19D,20D,25D,26D,27D,28D,31D,32D,37D,38D,41D,42D. The molecule has 0 saturated carbocycles. The molecule has 15 aromatic carbocycles. The zero-order valence-corrected chi connectivity index (χ0v) is 68.7. The molecule has 4 aromatic heterocycles. The molecule has 0 aliphatic carbocycles. The summed E-state index contributed by atoms with van der Waals surface area (Å²) < 4.78 is 140. The van der Waals surface area contributed by atoms with E-state index in [0.29, 0.717) is 39.5 Å². The van der Waals surface area contributed by atoms with E-state index in [1.165, 1.54) is 22.3 Å². The van der Waals surface area contributed by atoms with E-state index in [2.05, 4.69) is 299 Å². The molecular weight excluding hydrogens is 1420 g/mol. The molecule has 0 N–H and O–H groups in total. The number of hydrogen-bond acceptors (Lipinski definition) is 3. The van der Waals surface area contributed by atoms with Gasteiger partial charge in [-0.15, -0.1) is 0 Å². The molecule has 570 valence electrons. The van der Waals surface area contributed by atoms with E-state index < -0.39 is 90.7 Å². The van der Waals surface area contributed by atoms with Gasteiger partial charge in [-0.1, -0.05) is 298 Å². The molecule has 117 heavy (non-hydrogen) atoms. The highest BCUT2D eigenvalue weighted by Crippen LogP contribution is 2.55. The van der Waals surface area contributed by atoms with Crippen molar-refractivity contribution in [1.29, 1.82) is 0 Å². The normalized spacial score (nSPS) is 14.9. The smallest absolute Gasteiger partial charge is 0.252 e. The van der Waals surface area contributed by atoms with Gasteiger partial charge in [0.1, 0.15) is 0 Å². The third-order valence-electron chi connectivity index (χ3n) is 24.7. The van der Waals surface area contributed by atoms with Gasteiger partial charge in [0.25, 0.3) is 6.71 Å². The highest BCUT2D eigenvalue weighted by Gasteiger charge is 2.46. The Bertz CT molecular complexity index is 7880. The summed E-state index contributed by atoms with van der Waals surface area (Å²) in [7, 11) is 0. The summed E-state index contributed by atoms with van der Waals surface area (Å²) in [6, 6.07) is 74.9. The molecule has 19 aromatic rings. The largest absolute Gasteiger partial charge is 0.452 e. The fraction of sp³-hybridized carbons (Fsp3) is 0.182. The number of aromatic nitrogens is 3. The molecular formula is C110H96BN5O. The van der Waals surface area contributed by atoms with Crippen LogP contribution in [0.5, 0.6) is 0 Å². The van der Waals surface area contributed by atoms with Gasteiger partial charge in [-0.3, -0.25) is 0 Å². The Morgan fingerprint density at radius 1 is 0.265 bits per heavy atom. The average Bonchev–Trinajstić information content (AvgIpc) is 1.22. The van der Waals surface area contributed by atoms with Crippen LogP contribution in [0, 0.1) is 0 Å². The zero-order chi connectivity index (χ0) is 91.6. The minimum Gasteiger partial charge on any atom is -0.452 e. The maximum absolute atomic E-state index is 10.3. The van der Waals surface area contributed by atoms with Crippen molar-refractivity contribution in [3.05, 3.63) is 337 Å². The molecule has 7 heteroatoms. The fourth-order valence-electron chi connectivity index (χ4n) is 18.5. The Morgan fingerprint density at radius 2 is 0.675 bits per heavy atom. The summed E-state index contributed by atoms with van der Waals surface area (Å²) in [6.07, 6.45) is 0. The molecule has 2 aliphatic rings. The zero-order valence-electron chi connectivity index (χ0n) is 81.7. The topological polar surface area (TPSA) is 34.4 Å². The Hall–Kier alpha value is -12.8. The van der Waals surface area contributed by atoms with Gasteiger partial charge in [0, 0.05) is 82.7 Å². The highest BCUT2D eigenvalue weighted by molar-refractivity contribution is 7.00. The minimum absolute atomic E-state index is 0.0274. The number of para-hydroxylation sites is 4. The predicted molar refractivity (Wildman–Crippen MR) is 501 cm³/mol. The molecule has 0 unspecified atom stereocenters. The first-order chi connectivity index (χ1) is 61.6. The molecule has 2 aliphatic heterocycles. The van der Waals surface area contributed by atoms with Gasteiger partial charge in [-0.2, -0.15) is 0 Å². The second-order valence-electron chi connectivity index (χ2n) is 37.2. The molecule has 0 saturated heterocycles. The van der Waals surface area contributed by atoms with Crippen LogP contribution in [0.15, 0.2) is 313 Å². The van der Waals surface area contributed by atoms with Crippen LogP contribution >= 0.6 is 0 Å². The van der Waals surface area contributed by atoms with E-state index in [1.807, 2.05) is 54.6 Å². The summed E-state index contributed by atoms with van der Waals surface area (Å²) in [5, 5.41) is 5.71. The van der Waals surface area contributed by atoms with E-state index in [-0.39, 0.29) is 54.7 Å². The van der Waals surface area contributed by atoms with Gasteiger partial charge < -0.3 is 27.9 Å². The van der Waals surface area contributed by atoms with Gasteiger partial charge >= 0.3 is 0 Å². The first-order valence-electron chi connectivity index (χ1n) is 47.2. The van der Waals surface area contributed by atoms with Crippen molar-refractivity contribution in [3.8, 4) is 50.4 Å². The number of fused-ring (bicyclic) bond motifs is 16. The maximum atomic E-state index is 10.3. The molecule has 21 rings (SSSR count). The van der Waals surface area contributed by atoms with Crippen molar-refractivity contribution in [2.24, 2.45) is 0 Å². The van der Waals surface area contributed by atoms with Crippen molar-refractivity contribution < 1.29 is 22.2 Å². The second kappa shape index (κ2) is 25.8. The molecule has 6 nitrogen and oxygen atoms in total.